The summed E-state index contributed by atoms with van der Waals surface area (Å²) < 4.78 is 21.4. The van der Waals surface area contributed by atoms with E-state index in [2.05, 4.69) is 4.72 Å². The summed E-state index contributed by atoms with van der Waals surface area (Å²) in [5.41, 5.74) is 0.993. The summed E-state index contributed by atoms with van der Waals surface area (Å²) in [6.45, 7) is 1.39. The van der Waals surface area contributed by atoms with Crippen LogP contribution in [-0.4, -0.2) is 26.7 Å². The van der Waals surface area contributed by atoms with Gasteiger partial charge in [0.15, 0.2) is 0 Å². The Balaban J connectivity index is 2.76. The van der Waals surface area contributed by atoms with Crippen LogP contribution < -0.4 is 4.72 Å². The minimum atomic E-state index is -3.20. The highest BCUT2D eigenvalue weighted by molar-refractivity contribution is 8.22. The third-order valence-corrected chi connectivity index (χ3v) is 3.25. The minimum absolute atomic E-state index is 0.286. The van der Waals surface area contributed by atoms with Gasteiger partial charge >= 0.3 is 5.97 Å². The molecule has 1 rings (SSSR count). The van der Waals surface area contributed by atoms with E-state index < -0.39 is 23.3 Å². The summed E-state index contributed by atoms with van der Waals surface area (Å²) >= 11 is 0. The van der Waals surface area contributed by atoms with Crippen LogP contribution in [0.4, 0.5) is 0 Å². The molecule has 0 aromatic heterocycles. The predicted octanol–water partition coefficient (Wildman–Crippen LogP) is 1.69. The second-order valence-electron chi connectivity index (χ2n) is 3.08. The minimum Gasteiger partial charge on any atom is -0.480 e. The zero-order chi connectivity index (χ0) is 11.5. The molecule has 0 spiro atoms. The molecule has 0 radical (unpaired) electrons. The van der Waals surface area contributed by atoms with Crippen LogP contribution in [0.5, 0.6) is 0 Å². The highest BCUT2D eigenvalue weighted by atomic mass is 32.3. The quantitative estimate of drug-likeness (QED) is 0.633. The maximum Gasteiger partial charge on any atom is 0.319 e. The number of benzene rings is 1. The monoisotopic (exact) mass is 231 g/mol. The molecule has 0 bridgehead atoms. The van der Waals surface area contributed by atoms with E-state index in [4.69, 9.17) is 5.11 Å². The van der Waals surface area contributed by atoms with E-state index in [0.717, 1.165) is 5.56 Å². The summed E-state index contributed by atoms with van der Waals surface area (Å²) in [5, 5.41) is 8.40. The van der Waals surface area contributed by atoms with Crippen molar-refractivity contribution in [3.05, 3.63) is 29.8 Å². The third-order valence-electron chi connectivity index (χ3n) is 1.77. The van der Waals surface area contributed by atoms with Gasteiger partial charge in [-0.3, -0.25) is 13.9 Å². The molecular formula is C9H13NO4S. The van der Waals surface area contributed by atoms with Gasteiger partial charge in [0.2, 0.25) is 0 Å². The van der Waals surface area contributed by atoms with E-state index in [1.165, 1.54) is 0 Å². The van der Waals surface area contributed by atoms with Crippen LogP contribution in [0.25, 0.3) is 0 Å². The molecule has 0 heterocycles. The Morgan fingerprint density at radius 1 is 1.33 bits per heavy atom. The fourth-order valence-electron chi connectivity index (χ4n) is 0.974. The Morgan fingerprint density at radius 2 is 1.87 bits per heavy atom. The first-order chi connectivity index (χ1) is 6.92. The Labute approximate surface area is 89.2 Å². The molecular weight excluding hydrogens is 218 g/mol. The SMILES string of the molecule is Cc1ccc(S(O)(O)NCC(=O)O)cc1. The summed E-state index contributed by atoms with van der Waals surface area (Å²) in [6, 6.07) is 6.57. The van der Waals surface area contributed by atoms with E-state index in [1.54, 1.807) is 24.3 Å². The Bertz CT molecular complexity index is 350. The number of carboxylic acid groups (broad SMARTS) is 1. The number of carbonyl (C=O) groups is 1. The average Bonchev–Trinajstić information content (AvgIpc) is 2.16. The normalized spacial score (nSPS) is 12.5. The van der Waals surface area contributed by atoms with Gasteiger partial charge in [-0.05, 0) is 19.1 Å². The largest absolute Gasteiger partial charge is 0.480 e. The molecule has 0 aliphatic rings. The molecule has 0 aliphatic heterocycles. The summed E-state index contributed by atoms with van der Waals surface area (Å²) in [7, 11) is -3.20. The van der Waals surface area contributed by atoms with Gasteiger partial charge < -0.3 is 5.11 Å². The second-order valence-corrected chi connectivity index (χ2v) is 4.93. The smallest absolute Gasteiger partial charge is 0.319 e. The van der Waals surface area contributed by atoms with Crippen molar-refractivity contribution >= 4 is 16.7 Å². The van der Waals surface area contributed by atoms with Crippen LogP contribution in [0.1, 0.15) is 5.56 Å². The first-order valence-electron chi connectivity index (χ1n) is 4.23. The molecule has 0 saturated carbocycles. The van der Waals surface area contributed by atoms with Gasteiger partial charge in [-0.25, -0.2) is 4.72 Å². The van der Waals surface area contributed by atoms with E-state index in [1.807, 2.05) is 6.92 Å². The number of nitrogens with one attached hydrogen (secondary N) is 1. The first kappa shape index (κ1) is 12.0. The van der Waals surface area contributed by atoms with Crippen molar-refractivity contribution in [3.8, 4) is 0 Å². The molecule has 84 valence electrons. The van der Waals surface area contributed by atoms with Crippen LogP contribution in [0.2, 0.25) is 0 Å². The van der Waals surface area contributed by atoms with E-state index in [9.17, 15) is 13.9 Å². The van der Waals surface area contributed by atoms with Crippen LogP contribution in [0, 0.1) is 6.92 Å². The van der Waals surface area contributed by atoms with Gasteiger partial charge in [0.1, 0.15) is 6.54 Å². The summed E-state index contributed by atoms with van der Waals surface area (Å²) in [4.78, 5) is 10.5. The molecule has 0 atom stereocenters. The molecule has 0 unspecified atom stereocenters. The van der Waals surface area contributed by atoms with Gasteiger partial charge in [-0.1, -0.05) is 17.7 Å². The highest BCUT2D eigenvalue weighted by Crippen LogP contribution is 2.43. The van der Waals surface area contributed by atoms with Crippen LogP contribution in [0.3, 0.4) is 0 Å². The van der Waals surface area contributed by atoms with Crippen molar-refractivity contribution in [1.29, 1.82) is 0 Å². The number of hydrogen-bond acceptors (Lipinski definition) is 4. The van der Waals surface area contributed by atoms with Crippen LogP contribution in [0.15, 0.2) is 29.2 Å². The van der Waals surface area contributed by atoms with Crippen molar-refractivity contribution in [2.45, 2.75) is 11.8 Å². The lowest BCUT2D eigenvalue weighted by molar-refractivity contribution is -0.135. The third kappa shape index (κ3) is 3.52. The number of aryl methyl sites for hydroxylation is 1. The van der Waals surface area contributed by atoms with Crippen molar-refractivity contribution in [2.75, 3.05) is 6.54 Å². The Morgan fingerprint density at radius 3 is 2.33 bits per heavy atom. The van der Waals surface area contributed by atoms with E-state index >= 15 is 0 Å². The van der Waals surface area contributed by atoms with Gasteiger partial charge in [-0.15, -0.1) is 10.8 Å². The second kappa shape index (κ2) is 4.63. The fraction of sp³-hybridized carbons (Fsp3) is 0.222. The van der Waals surface area contributed by atoms with Gasteiger partial charge in [0, 0.05) is 0 Å². The van der Waals surface area contributed by atoms with Crippen molar-refractivity contribution in [2.24, 2.45) is 0 Å². The van der Waals surface area contributed by atoms with Crippen molar-refractivity contribution < 1.29 is 19.0 Å². The molecule has 15 heavy (non-hydrogen) atoms. The van der Waals surface area contributed by atoms with Gasteiger partial charge in [0.05, 0.1) is 4.90 Å². The van der Waals surface area contributed by atoms with Crippen molar-refractivity contribution in [3.63, 3.8) is 0 Å². The van der Waals surface area contributed by atoms with Crippen LogP contribution >= 0.6 is 10.8 Å². The number of carboxylic acids is 1. The lowest BCUT2D eigenvalue weighted by Gasteiger charge is -2.32. The fourth-order valence-corrected chi connectivity index (χ4v) is 1.98. The van der Waals surface area contributed by atoms with Gasteiger partial charge in [-0.2, -0.15) is 0 Å². The molecule has 6 heteroatoms. The molecule has 4 N–H and O–H groups in total. The van der Waals surface area contributed by atoms with E-state index in [0.29, 0.717) is 0 Å². The lowest BCUT2D eigenvalue weighted by atomic mass is 10.2. The molecule has 1 aromatic rings. The maximum atomic E-state index is 10.3. The molecule has 1 aromatic carbocycles. The predicted molar refractivity (Wildman–Crippen MR) is 57.9 cm³/mol. The standard InChI is InChI=1S/C9H13NO4S/c1-7-2-4-8(5-3-7)15(13,14)10-6-9(11)12/h2-5,10,13-14H,6H2,1H3,(H,11,12). The first-order valence-corrected chi connectivity index (χ1v) is 5.78. The molecule has 0 aliphatic carbocycles. The number of hydrogen-bond donors (Lipinski definition) is 4. The van der Waals surface area contributed by atoms with Crippen molar-refractivity contribution in [1.82, 2.24) is 4.72 Å². The number of aliphatic carboxylic acids is 1. The van der Waals surface area contributed by atoms with Crippen LogP contribution in [-0.2, 0) is 4.79 Å². The molecule has 0 fully saturated rings. The van der Waals surface area contributed by atoms with Gasteiger partial charge in [0.25, 0.3) is 0 Å². The topological polar surface area (TPSA) is 89.8 Å². The highest BCUT2D eigenvalue weighted by Gasteiger charge is 2.15. The lowest BCUT2D eigenvalue weighted by Crippen LogP contribution is -2.26. The summed E-state index contributed by atoms with van der Waals surface area (Å²) in [6.07, 6.45) is 0. The molecule has 5 nitrogen and oxygen atoms in total. The zero-order valence-electron chi connectivity index (χ0n) is 8.17. The average molecular weight is 231 g/mol. The maximum absolute atomic E-state index is 10.3. The zero-order valence-corrected chi connectivity index (χ0v) is 8.99. The molecule has 0 saturated heterocycles. The number of rotatable bonds is 4. The Kier molecular flexibility index (Phi) is 3.70. The molecule has 0 amide bonds. The van der Waals surface area contributed by atoms with E-state index in [-0.39, 0.29) is 4.90 Å². The summed E-state index contributed by atoms with van der Waals surface area (Å²) in [5.74, 6) is -1.14. The Hall–Kier alpha value is -1.08.